The van der Waals surface area contributed by atoms with Crippen LogP contribution in [0.5, 0.6) is 0 Å². The zero-order chi connectivity index (χ0) is 14.3. The van der Waals surface area contributed by atoms with E-state index in [1.807, 2.05) is 0 Å². The second-order valence-electron chi connectivity index (χ2n) is 3.98. The first-order valence-electron chi connectivity index (χ1n) is 5.19. The standard InChI is InChI=1S/C9H10FN3O6/c10-4-6(11)13(9(18)12-7(4)15)3-1-2(14)5(19-3)8(16)17/h2-3,5,14H,1,11H2,(H,16,17)(H,12,15,18)/t2-,3+,5-/m0/s1. The highest BCUT2D eigenvalue weighted by atomic mass is 19.1. The van der Waals surface area contributed by atoms with Gasteiger partial charge in [-0.1, -0.05) is 0 Å². The molecule has 104 valence electrons. The van der Waals surface area contributed by atoms with Gasteiger partial charge in [-0.15, -0.1) is 0 Å². The monoisotopic (exact) mass is 275 g/mol. The number of rotatable bonds is 2. The van der Waals surface area contributed by atoms with Gasteiger partial charge in [0.1, 0.15) is 6.23 Å². The number of carboxylic acid groups (broad SMARTS) is 1. The molecule has 1 aliphatic rings. The number of hydrogen-bond acceptors (Lipinski definition) is 6. The lowest BCUT2D eigenvalue weighted by Gasteiger charge is -2.15. The number of nitrogens with two attached hydrogens (primary N) is 1. The Morgan fingerprint density at radius 2 is 2.16 bits per heavy atom. The Labute approximate surface area is 104 Å². The second kappa shape index (κ2) is 4.48. The van der Waals surface area contributed by atoms with Crippen LogP contribution in [0, 0.1) is 5.82 Å². The summed E-state index contributed by atoms with van der Waals surface area (Å²) < 4.78 is 18.8. The molecule has 10 heteroatoms. The van der Waals surface area contributed by atoms with Crippen molar-refractivity contribution in [2.75, 3.05) is 5.73 Å². The largest absolute Gasteiger partial charge is 0.479 e. The number of nitrogens with zero attached hydrogens (tertiary/aromatic N) is 1. The van der Waals surface area contributed by atoms with Crippen molar-refractivity contribution < 1.29 is 24.1 Å². The Bertz CT molecular complexity index is 638. The number of aromatic amines is 1. The fourth-order valence-electron chi connectivity index (χ4n) is 1.86. The third-order valence-corrected chi connectivity index (χ3v) is 2.75. The molecule has 0 aromatic carbocycles. The Balaban J connectivity index is 2.45. The molecule has 2 rings (SSSR count). The highest BCUT2D eigenvalue weighted by Crippen LogP contribution is 2.29. The number of aliphatic hydroxyl groups is 1. The molecule has 0 radical (unpaired) electrons. The number of aromatic nitrogens is 2. The van der Waals surface area contributed by atoms with Gasteiger partial charge in [-0.25, -0.2) is 9.59 Å². The number of anilines is 1. The minimum Gasteiger partial charge on any atom is -0.479 e. The van der Waals surface area contributed by atoms with Crippen LogP contribution >= 0.6 is 0 Å². The molecule has 3 atom stereocenters. The maximum absolute atomic E-state index is 13.3. The Morgan fingerprint density at radius 3 is 2.68 bits per heavy atom. The van der Waals surface area contributed by atoms with E-state index in [0.717, 1.165) is 0 Å². The van der Waals surface area contributed by atoms with Gasteiger partial charge in [0.05, 0.1) is 6.10 Å². The topological polar surface area (TPSA) is 148 Å². The van der Waals surface area contributed by atoms with Crippen molar-refractivity contribution in [3.63, 3.8) is 0 Å². The predicted octanol–water partition coefficient (Wildman–Crippen LogP) is -2.01. The van der Waals surface area contributed by atoms with Gasteiger partial charge in [0.25, 0.3) is 5.56 Å². The van der Waals surface area contributed by atoms with Crippen molar-refractivity contribution in [1.29, 1.82) is 0 Å². The zero-order valence-electron chi connectivity index (χ0n) is 9.37. The highest BCUT2D eigenvalue weighted by Gasteiger charge is 2.41. The highest BCUT2D eigenvalue weighted by molar-refractivity contribution is 5.73. The van der Waals surface area contributed by atoms with Gasteiger partial charge in [-0.05, 0) is 0 Å². The van der Waals surface area contributed by atoms with Crippen molar-refractivity contribution in [2.45, 2.75) is 24.9 Å². The van der Waals surface area contributed by atoms with Crippen LogP contribution in [0.15, 0.2) is 9.59 Å². The van der Waals surface area contributed by atoms with Gasteiger partial charge >= 0.3 is 11.7 Å². The van der Waals surface area contributed by atoms with E-state index in [0.29, 0.717) is 4.57 Å². The van der Waals surface area contributed by atoms with E-state index in [9.17, 15) is 23.9 Å². The van der Waals surface area contributed by atoms with E-state index < -0.39 is 47.3 Å². The molecule has 1 fully saturated rings. The first-order valence-corrected chi connectivity index (χ1v) is 5.19. The summed E-state index contributed by atoms with van der Waals surface area (Å²) in [4.78, 5) is 34.9. The van der Waals surface area contributed by atoms with E-state index >= 15 is 0 Å². The summed E-state index contributed by atoms with van der Waals surface area (Å²) in [6.45, 7) is 0. The Hall–Kier alpha value is -2.20. The van der Waals surface area contributed by atoms with E-state index in [1.54, 1.807) is 4.98 Å². The molecule has 0 amide bonds. The normalized spacial score (nSPS) is 26.5. The van der Waals surface area contributed by atoms with Crippen LogP contribution in [-0.4, -0.2) is 37.9 Å². The van der Waals surface area contributed by atoms with Gasteiger partial charge < -0.3 is 20.7 Å². The molecule has 0 aliphatic carbocycles. The first kappa shape index (κ1) is 13.2. The molecule has 0 spiro atoms. The second-order valence-corrected chi connectivity index (χ2v) is 3.98. The quantitative estimate of drug-likeness (QED) is 0.487. The van der Waals surface area contributed by atoms with Gasteiger partial charge in [0.15, 0.2) is 11.9 Å². The number of carbonyl (C=O) groups is 1. The summed E-state index contributed by atoms with van der Waals surface area (Å²) in [7, 11) is 0. The number of hydrogen-bond donors (Lipinski definition) is 4. The van der Waals surface area contributed by atoms with Crippen LogP contribution in [0.4, 0.5) is 10.2 Å². The minimum atomic E-state index is -1.55. The summed E-state index contributed by atoms with van der Waals surface area (Å²) in [5.41, 5.74) is 2.96. The van der Waals surface area contributed by atoms with E-state index in [2.05, 4.69) is 0 Å². The van der Waals surface area contributed by atoms with Crippen molar-refractivity contribution in [1.82, 2.24) is 9.55 Å². The van der Waals surface area contributed by atoms with E-state index in [1.165, 1.54) is 0 Å². The summed E-state index contributed by atoms with van der Waals surface area (Å²) in [5, 5.41) is 18.2. The predicted molar refractivity (Wildman–Crippen MR) is 57.9 cm³/mol. The molecular weight excluding hydrogens is 265 g/mol. The van der Waals surface area contributed by atoms with Crippen molar-refractivity contribution >= 4 is 11.8 Å². The van der Waals surface area contributed by atoms with Gasteiger partial charge in [-0.3, -0.25) is 14.3 Å². The van der Waals surface area contributed by atoms with E-state index in [-0.39, 0.29) is 6.42 Å². The fourth-order valence-corrected chi connectivity index (χ4v) is 1.86. The molecule has 0 bridgehead atoms. The molecular formula is C9H10FN3O6. The molecule has 1 aliphatic heterocycles. The summed E-state index contributed by atoms with van der Waals surface area (Å²) >= 11 is 0. The number of nitrogen functional groups attached to an aromatic ring is 1. The van der Waals surface area contributed by atoms with Crippen LogP contribution < -0.4 is 17.0 Å². The molecule has 19 heavy (non-hydrogen) atoms. The number of nitrogens with one attached hydrogen (secondary N) is 1. The van der Waals surface area contributed by atoms with Crippen molar-refractivity contribution in [2.24, 2.45) is 0 Å². The van der Waals surface area contributed by atoms with Crippen LogP contribution in [-0.2, 0) is 9.53 Å². The Kier molecular flexibility index (Phi) is 3.12. The third-order valence-electron chi connectivity index (χ3n) is 2.75. The summed E-state index contributed by atoms with van der Waals surface area (Å²) in [5.74, 6) is -3.58. The lowest BCUT2D eigenvalue weighted by Crippen LogP contribution is -2.37. The maximum atomic E-state index is 13.3. The lowest BCUT2D eigenvalue weighted by atomic mass is 10.2. The molecule has 0 saturated carbocycles. The molecule has 9 nitrogen and oxygen atoms in total. The lowest BCUT2D eigenvalue weighted by molar-refractivity contribution is -0.155. The number of ether oxygens (including phenoxy) is 1. The summed E-state index contributed by atoms with van der Waals surface area (Å²) in [6.07, 6.45) is -4.46. The molecule has 1 aromatic heterocycles. The van der Waals surface area contributed by atoms with Gasteiger partial charge in [-0.2, -0.15) is 4.39 Å². The minimum absolute atomic E-state index is 0.271. The van der Waals surface area contributed by atoms with Crippen molar-refractivity contribution in [3.05, 3.63) is 26.7 Å². The molecule has 1 aromatic rings. The Morgan fingerprint density at radius 1 is 1.53 bits per heavy atom. The third kappa shape index (κ3) is 2.11. The number of carboxylic acids is 1. The number of halogens is 1. The van der Waals surface area contributed by atoms with Crippen molar-refractivity contribution in [3.8, 4) is 0 Å². The zero-order valence-corrected chi connectivity index (χ0v) is 9.37. The van der Waals surface area contributed by atoms with Crippen LogP contribution in [0.2, 0.25) is 0 Å². The van der Waals surface area contributed by atoms with Crippen LogP contribution in [0.1, 0.15) is 12.6 Å². The first-order chi connectivity index (χ1) is 8.82. The van der Waals surface area contributed by atoms with Crippen LogP contribution in [0.25, 0.3) is 0 Å². The summed E-state index contributed by atoms with van der Waals surface area (Å²) in [6, 6.07) is 0. The van der Waals surface area contributed by atoms with Gasteiger partial charge in [0, 0.05) is 6.42 Å². The smallest absolute Gasteiger partial charge is 0.335 e. The number of aliphatic carboxylic acids is 1. The average molecular weight is 275 g/mol. The van der Waals surface area contributed by atoms with Crippen LogP contribution in [0.3, 0.4) is 0 Å². The van der Waals surface area contributed by atoms with E-state index in [4.69, 9.17) is 15.6 Å². The maximum Gasteiger partial charge on any atom is 0.335 e. The SMILES string of the molecule is Nc1c(F)c(=O)[nH]c(=O)n1[C@H]1C[C@H](O)[C@@H](C(=O)O)O1. The molecule has 1 saturated heterocycles. The molecule has 2 heterocycles. The number of aliphatic hydroxyl groups excluding tert-OH is 1. The average Bonchev–Trinajstić information content (AvgIpc) is 2.68. The molecule has 5 N–H and O–H groups in total. The van der Waals surface area contributed by atoms with Gasteiger partial charge in [0.2, 0.25) is 5.82 Å². The fraction of sp³-hybridized carbons (Fsp3) is 0.444. The molecule has 0 unspecified atom stereocenters. The number of H-pyrrole nitrogens is 1.